The van der Waals surface area contributed by atoms with E-state index in [1.165, 1.54) is 6.92 Å². The zero-order chi connectivity index (χ0) is 22.1. The SMILES string of the molecule is CC(=O)Nc1ccc([C@@H]2NC(=O)NC(c3ccccc3)=C2c2nc3ccccc3s2)cc1. The van der Waals surface area contributed by atoms with Gasteiger partial charge in [0.1, 0.15) is 5.01 Å². The van der Waals surface area contributed by atoms with Gasteiger partial charge in [0, 0.05) is 18.2 Å². The molecule has 32 heavy (non-hydrogen) atoms. The van der Waals surface area contributed by atoms with Gasteiger partial charge in [-0.3, -0.25) is 4.79 Å². The van der Waals surface area contributed by atoms with E-state index in [2.05, 4.69) is 16.0 Å². The number of amides is 3. The van der Waals surface area contributed by atoms with E-state index in [-0.39, 0.29) is 11.9 Å². The maximum Gasteiger partial charge on any atom is 0.320 e. The van der Waals surface area contributed by atoms with Crippen LogP contribution in [0.3, 0.4) is 0 Å². The van der Waals surface area contributed by atoms with Crippen molar-refractivity contribution < 1.29 is 9.59 Å². The van der Waals surface area contributed by atoms with Crippen LogP contribution < -0.4 is 16.0 Å². The van der Waals surface area contributed by atoms with Gasteiger partial charge in [-0.15, -0.1) is 11.3 Å². The molecule has 0 aliphatic carbocycles. The summed E-state index contributed by atoms with van der Waals surface area (Å²) in [4.78, 5) is 28.9. The van der Waals surface area contributed by atoms with Crippen molar-refractivity contribution in [2.45, 2.75) is 13.0 Å². The lowest BCUT2D eigenvalue weighted by Gasteiger charge is -2.30. The van der Waals surface area contributed by atoms with Crippen molar-refractivity contribution in [2.24, 2.45) is 0 Å². The van der Waals surface area contributed by atoms with Crippen LogP contribution in [0, 0.1) is 0 Å². The van der Waals surface area contributed by atoms with Crippen molar-refractivity contribution in [2.75, 3.05) is 5.32 Å². The Morgan fingerprint density at radius 1 is 0.969 bits per heavy atom. The first-order chi connectivity index (χ1) is 15.6. The van der Waals surface area contributed by atoms with E-state index in [9.17, 15) is 9.59 Å². The quantitative estimate of drug-likeness (QED) is 0.409. The zero-order valence-electron chi connectivity index (χ0n) is 17.3. The summed E-state index contributed by atoms with van der Waals surface area (Å²) in [7, 11) is 0. The fraction of sp³-hybridized carbons (Fsp3) is 0.0800. The Balaban J connectivity index is 1.68. The predicted molar refractivity (Wildman–Crippen MR) is 128 cm³/mol. The van der Waals surface area contributed by atoms with Crippen LogP contribution in [0.1, 0.15) is 29.1 Å². The summed E-state index contributed by atoms with van der Waals surface area (Å²) < 4.78 is 1.08. The highest BCUT2D eigenvalue weighted by atomic mass is 32.1. The molecule has 0 bridgehead atoms. The summed E-state index contributed by atoms with van der Waals surface area (Å²) in [6.07, 6.45) is 0. The molecule has 3 aromatic carbocycles. The second-order valence-electron chi connectivity index (χ2n) is 7.48. The summed E-state index contributed by atoms with van der Waals surface area (Å²) >= 11 is 1.60. The molecule has 4 aromatic rings. The Morgan fingerprint density at radius 2 is 1.69 bits per heavy atom. The third-order valence-corrected chi connectivity index (χ3v) is 6.29. The molecule has 0 saturated carbocycles. The Labute approximate surface area is 189 Å². The van der Waals surface area contributed by atoms with Crippen LogP contribution in [0.25, 0.3) is 21.5 Å². The van der Waals surface area contributed by atoms with Crippen molar-refractivity contribution in [3.05, 3.63) is 95.0 Å². The molecule has 158 valence electrons. The van der Waals surface area contributed by atoms with E-state index in [0.717, 1.165) is 37.6 Å². The highest BCUT2D eigenvalue weighted by Crippen LogP contribution is 2.41. The van der Waals surface area contributed by atoms with Crippen LogP contribution in [-0.2, 0) is 4.79 Å². The minimum atomic E-state index is -0.397. The summed E-state index contributed by atoms with van der Waals surface area (Å²) in [5, 5.41) is 9.68. The zero-order valence-corrected chi connectivity index (χ0v) is 18.1. The van der Waals surface area contributed by atoms with Crippen molar-refractivity contribution in [3.63, 3.8) is 0 Å². The number of urea groups is 1. The lowest BCUT2D eigenvalue weighted by atomic mass is 9.93. The molecule has 3 N–H and O–H groups in total. The Bertz CT molecular complexity index is 1310. The van der Waals surface area contributed by atoms with Gasteiger partial charge in [-0.2, -0.15) is 0 Å². The number of anilines is 1. The first kappa shape index (κ1) is 20.0. The number of thiazole rings is 1. The maximum absolute atomic E-state index is 12.7. The van der Waals surface area contributed by atoms with Gasteiger partial charge in [0.25, 0.3) is 0 Å². The molecule has 5 rings (SSSR count). The van der Waals surface area contributed by atoms with Gasteiger partial charge in [-0.25, -0.2) is 9.78 Å². The van der Waals surface area contributed by atoms with Crippen molar-refractivity contribution in [3.8, 4) is 0 Å². The number of aromatic nitrogens is 1. The molecule has 0 spiro atoms. The smallest absolute Gasteiger partial charge is 0.320 e. The number of benzene rings is 3. The highest BCUT2D eigenvalue weighted by Gasteiger charge is 2.32. The Morgan fingerprint density at radius 3 is 2.41 bits per heavy atom. The number of nitrogens with zero attached hydrogens (tertiary/aromatic N) is 1. The first-order valence-electron chi connectivity index (χ1n) is 10.2. The van der Waals surface area contributed by atoms with Gasteiger partial charge in [0.15, 0.2) is 0 Å². The normalized spacial score (nSPS) is 15.9. The lowest BCUT2D eigenvalue weighted by Crippen LogP contribution is -2.42. The second kappa shape index (κ2) is 8.28. The number of fused-ring (bicyclic) bond motifs is 1. The monoisotopic (exact) mass is 440 g/mol. The van der Waals surface area contributed by atoms with E-state index < -0.39 is 6.04 Å². The molecule has 2 heterocycles. The average Bonchev–Trinajstić information content (AvgIpc) is 3.23. The van der Waals surface area contributed by atoms with Crippen LogP contribution in [0.5, 0.6) is 0 Å². The lowest BCUT2D eigenvalue weighted by molar-refractivity contribution is -0.114. The summed E-state index contributed by atoms with van der Waals surface area (Å²) in [6.45, 7) is 1.47. The number of para-hydroxylation sites is 1. The molecule has 3 amide bonds. The topological polar surface area (TPSA) is 83.1 Å². The molecule has 0 unspecified atom stereocenters. The molecule has 6 nitrogen and oxygen atoms in total. The van der Waals surface area contributed by atoms with Crippen molar-refractivity contribution in [1.29, 1.82) is 0 Å². The van der Waals surface area contributed by atoms with Crippen LogP contribution >= 0.6 is 11.3 Å². The number of rotatable bonds is 4. The van der Waals surface area contributed by atoms with E-state index in [4.69, 9.17) is 4.98 Å². The third kappa shape index (κ3) is 3.86. The molecule has 7 heteroatoms. The Hall–Kier alpha value is -3.97. The summed E-state index contributed by atoms with van der Waals surface area (Å²) in [6, 6.07) is 24.6. The fourth-order valence-corrected chi connectivity index (χ4v) is 4.87. The fourth-order valence-electron chi connectivity index (χ4n) is 3.83. The van der Waals surface area contributed by atoms with E-state index >= 15 is 0 Å². The molecule has 0 radical (unpaired) electrons. The van der Waals surface area contributed by atoms with Crippen LogP contribution in [0.15, 0.2) is 78.9 Å². The summed E-state index contributed by atoms with van der Waals surface area (Å²) in [5.41, 5.74) is 5.08. The van der Waals surface area contributed by atoms with E-state index in [0.29, 0.717) is 5.69 Å². The largest absolute Gasteiger partial charge is 0.327 e. The van der Waals surface area contributed by atoms with Crippen molar-refractivity contribution in [1.82, 2.24) is 15.6 Å². The molecule has 1 aromatic heterocycles. The van der Waals surface area contributed by atoms with Gasteiger partial charge in [-0.05, 0) is 35.4 Å². The molecule has 1 aliphatic rings. The number of carbonyl (C=O) groups is 2. The maximum atomic E-state index is 12.7. The molecule has 0 fully saturated rings. The highest BCUT2D eigenvalue weighted by molar-refractivity contribution is 7.19. The second-order valence-corrected chi connectivity index (χ2v) is 8.51. The van der Waals surface area contributed by atoms with Crippen molar-refractivity contribution >= 4 is 50.4 Å². The van der Waals surface area contributed by atoms with Crippen LogP contribution in [0.4, 0.5) is 10.5 Å². The van der Waals surface area contributed by atoms with Gasteiger partial charge in [-0.1, -0.05) is 54.6 Å². The van der Waals surface area contributed by atoms with Gasteiger partial charge < -0.3 is 16.0 Å². The Kier molecular flexibility index (Phi) is 5.17. The van der Waals surface area contributed by atoms with Gasteiger partial charge >= 0.3 is 6.03 Å². The minimum Gasteiger partial charge on any atom is -0.327 e. The predicted octanol–water partition coefficient (Wildman–Crippen LogP) is 5.18. The number of hydrogen-bond donors (Lipinski definition) is 3. The van der Waals surface area contributed by atoms with Crippen LogP contribution in [0.2, 0.25) is 0 Å². The summed E-state index contributed by atoms with van der Waals surface area (Å²) in [5.74, 6) is -0.130. The first-order valence-corrected chi connectivity index (χ1v) is 11.0. The number of hydrogen-bond acceptors (Lipinski definition) is 4. The van der Waals surface area contributed by atoms with E-state index in [1.807, 2.05) is 78.9 Å². The molecular weight excluding hydrogens is 420 g/mol. The standard InChI is InChI=1S/C25H20N4O2S/c1-15(30)26-18-13-11-17(12-14-18)23-21(24-27-19-9-5-6-10-20(19)32-24)22(28-25(31)29-23)16-7-3-2-4-8-16/h2-14,23H,1H3,(H,26,30)(H2,28,29,31)/t23-/m0/s1. The molecular formula is C25H20N4O2S. The van der Waals surface area contributed by atoms with Gasteiger partial charge in [0.05, 0.1) is 22.0 Å². The third-order valence-electron chi connectivity index (χ3n) is 5.22. The molecule has 1 aliphatic heterocycles. The average molecular weight is 441 g/mol. The van der Waals surface area contributed by atoms with E-state index in [1.54, 1.807) is 11.3 Å². The minimum absolute atomic E-state index is 0.130. The number of carbonyl (C=O) groups excluding carboxylic acids is 2. The molecule has 1 atom stereocenters. The number of nitrogens with one attached hydrogen (secondary N) is 3. The van der Waals surface area contributed by atoms with Crippen LogP contribution in [-0.4, -0.2) is 16.9 Å². The van der Waals surface area contributed by atoms with Gasteiger partial charge in [0.2, 0.25) is 5.91 Å². The molecule has 0 saturated heterocycles.